The monoisotopic (exact) mass is 202 g/mol. The van der Waals surface area contributed by atoms with Crippen molar-refractivity contribution in [2.24, 2.45) is 4.99 Å². The highest BCUT2D eigenvalue weighted by Crippen LogP contribution is 2.42. The first-order chi connectivity index (χ1) is 6.86. The second kappa shape index (κ2) is 2.89. The summed E-state index contributed by atoms with van der Waals surface area (Å²) in [4.78, 5) is 8.02. The number of nitrogens with zero attached hydrogens (tertiary/aromatic N) is 2. The molecule has 2 aliphatic rings. The number of para-hydroxylation sites is 1. The van der Waals surface area contributed by atoms with Crippen LogP contribution in [-0.4, -0.2) is 11.7 Å². The van der Waals surface area contributed by atoms with E-state index in [-0.39, 0.29) is 0 Å². The summed E-state index contributed by atoms with van der Waals surface area (Å²) >= 11 is 1.76. The number of aliphatic imine (C=N–C) groups is 1. The summed E-state index contributed by atoms with van der Waals surface area (Å²) in [5.41, 5.74) is 2.55. The van der Waals surface area contributed by atoms with Crippen LogP contribution in [-0.2, 0) is 0 Å². The maximum Gasteiger partial charge on any atom is 0.173 e. The number of benzene rings is 1. The molecule has 0 amide bonds. The highest BCUT2D eigenvalue weighted by molar-refractivity contribution is 8.14. The van der Waals surface area contributed by atoms with Gasteiger partial charge in [-0.05, 0) is 36.9 Å². The maximum absolute atomic E-state index is 4.49. The lowest BCUT2D eigenvalue weighted by Crippen LogP contribution is -2.25. The molecule has 3 heteroatoms. The summed E-state index contributed by atoms with van der Waals surface area (Å²) in [6, 6.07) is 8.44. The molecule has 0 saturated carbocycles. The van der Waals surface area contributed by atoms with Crippen LogP contribution >= 0.6 is 11.8 Å². The third-order valence-electron chi connectivity index (χ3n) is 2.46. The Morgan fingerprint density at radius 3 is 3.14 bits per heavy atom. The van der Waals surface area contributed by atoms with Gasteiger partial charge < -0.3 is 0 Å². The number of thioether (sulfide) groups is 1. The molecule has 2 aliphatic heterocycles. The lowest BCUT2D eigenvalue weighted by molar-refractivity contribution is 1.09. The van der Waals surface area contributed by atoms with E-state index in [9.17, 15) is 0 Å². The van der Waals surface area contributed by atoms with Crippen molar-refractivity contribution in [3.8, 4) is 0 Å². The Bertz CT molecular complexity index is 448. The lowest BCUT2D eigenvalue weighted by atomic mass is 10.2. The molecule has 0 radical (unpaired) electrons. The molecule has 0 atom stereocenters. The molecule has 1 aromatic rings. The van der Waals surface area contributed by atoms with Crippen LogP contribution in [0.15, 0.2) is 45.9 Å². The average molecular weight is 202 g/mol. The molecule has 70 valence electrons. The maximum atomic E-state index is 4.49. The summed E-state index contributed by atoms with van der Waals surface area (Å²) in [6.45, 7) is 2.95. The normalized spacial score (nSPS) is 18.5. The molecule has 0 saturated heterocycles. The molecule has 0 aromatic heterocycles. The van der Waals surface area contributed by atoms with Gasteiger partial charge in [-0.15, -0.1) is 0 Å². The van der Waals surface area contributed by atoms with E-state index in [0.717, 1.165) is 11.7 Å². The molecule has 0 bridgehead atoms. The fourth-order valence-electron chi connectivity index (χ4n) is 1.77. The van der Waals surface area contributed by atoms with Crippen molar-refractivity contribution in [2.45, 2.75) is 11.8 Å². The van der Waals surface area contributed by atoms with Crippen molar-refractivity contribution in [3.63, 3.8) is 0 Å². The topological polar surface area (TPSA) is 15.6 Å². The van der Waals surface area contributed by atoms with Crippen molar-refractivity contribution in [1.82, 2.24) is 0 Å². The Morgan fingerprint density at radius 2 is 2.21 bits per heavy atom. The van der Waals surface area contributed by atoms with Gasteiger partial charge >= 0.3 is 0 Å². The van der Waals surface area contributed by atoms with Gasteiger partial charge in [0.1, 0.15) is 0 Å². The molecule has 2 heterocycles. The van der Waals surface area contributed by atoms with Gasteiger partial charge in [-0.2, -0.15) is 0 Å². The van der Waals surface area contributed by atoms with E-state index in [1.54, 1.807) is 11.8 Å². The first kappa shape index (κ1) is 8.12. The van der Waals surface area contributed by atoms with Gasteiger partial charge in [-0.1, -0.05) is 12.1 Å². The van der Waals surface area contributed by atoms with Gasteiger partial charge in [0.25, 0.3) is 0 Å². The zero-order valence-corrected chi connectivity index (χ0v) is 8.71. The Hall–Kier alpha value is -1.22. The molecule has 0 spiro atoms. The quantitative estimate of drug-likeness (QED) is 0.643. The summed E-state index contributed by atoms with van der Waals surface area (Å²) in [6.07, 6.45) is 2.16. The number of allylic oxidation sites excluding steroid dienone is 1. The number of amidine groups is 1. The van der Waals surface area contributed by atoms with E-state index >= 15 is 0 Å². The number of rotatable bonds is 0. The average Bonchev–Trinajstić information content (AvgIpc) is 2.57. The first-order valence-electron chi connectivity index (χ1n) is 4.64. The van der Waals surface area contributed by atoms with Crippen molar-refractivity contribution in [2.75, 3.05) is 11.4 Å². The zero-order chi connectivity index (χ0) is 9.54. The summed E-state index contributed by atoms with van der Waals surface area (Å²) in [5, 5.41) is 1.12. The van der Waals surface area contributed by atoms with E-state index in [4.69, 9.17) is 0 Å². The van der Waals surface area contributed by atoms with Crippen LogP contribution in [0.25, 0.3) is 0 Å². The molecular formula is C11H10N2S. The van der Waals surface area contributed by atoms with Gasteiger partial charge in [-0.25, -0.2) is 0 Å². The number of hydrogen-bond donors (Lipinski definition) is 0. The Labute approximate surface area is 87.3 Å². The molecule has 1 aromatic carbocycles. The van der Waals surface area contributed by atoms with E-state index in [2.05, 4.69) is 47.2 Å². The fourth-order valence-corrected chi connectivity index (χ4v) is 2.85. The summed E-state index contributed by atoms with van der Waals surface area (Å²) in [7, 11) is 0. The molecule has 0 aliphatic carbocycles. The predicted octanol–water partition coefficient (Wildman–Crippen LogP) is 2.87. The van der Waals surface area contributed by atoms with Gasteiger partial charge in [0.15, 0.2) is 5.17 Å². The van der Waals surface area contributed by atoms with E-state index in [0.29, 0.717) is 0 Å². The van der Waals surface area contributed by atoms with Gasteiger partial charge in [0.2, 0.25) is 0 Å². The Balaban J connectivity index is 2.17. The molecule has 0 N–H and O–H groups in total. The van der Waals surface area contributed by atoms with Crippen LogP contribution in [0.2, 0.25) is 0 Å². The van der Waals surface area contributed by atoms with Gasteiger partial charge in [0, 0.05) is 10.6 Å². The smallest absolute Gasteiger partial charge is 0.173 e. The van der Waals surface area contributed by atoms with Crippen LogP contribution in [0.4, 0.5) is 5.69 Å². The minimum absolute atomic E-state index is 0.818. The van der Waals surface area contributed by atoms with Crippen molar-refractivity contribution in [1.29, 1.82) is 0 Å². The molecule has 0 unspecified atom stereocenters. The van der Waals surface area contributed by atoms with Gasteiger partial charge in [0.05, 0.1) is 12.2 Å². The molecule has 14 heavy (non-hydrogen) atoms. The van der Waals surface area contributed by atoms with Crippen molar-refractivity contribution in [3.05, 3.63) is 36.0 Å². The molecule has 3 rings (SSSR count). The van der Waals surface area contributed by atoms with Crippen LogP contribution < -0.4 is 4.90 Å². The van der Waals surface area contributed by atoms with E-state index in [1.807, 2.05) is 0 Å². The SMILES string of the molecule is CC1=CCN=C2Sc3ccccc3N12. The van der Waals surface area contributed by atoms with Crippen molar-refractivity contribution >= 4 is 22.6 Å². The van der Waals surface area contributed by atoms with Crippen molar-refractivity contribution < 1.29 is 0 Å². The molecule has 2 nitrogen and oxygen atoms in total. The standard InChI is InChI=1S/C11H10N2S/c1-8-6-7-12-11-13(8)9-4-2-3-5-10(9)14-11/h2-6H,7H2,1H3. The Morgan fingerprint density at radius 1 is 1.36 bits per heavy atom. The largest absolute Gasteiger partial charge is 0.293 e. The Kier molecular flexibility index (Phi) is 1.67. The summed E-state index contributed by atoms with van der Waals surface area (Å²) < 4.78 is 0. The van der Waals surface area contributed by atoms with Crippen LogP contribution in [0.1, 0.15) is 6.92 Å². The minimum atomic E-state index is 0.818. The number of hydrogen-bond acceptors (Lipinski definition) is 3. The lowest BCUT2D eigenvalue weighted by Gasteiger charge is -2.22. The second-order valence-corrected chi connectivity index (χ2v) is 4.38. The zero-order valence-electron chi connectivity index (χ0n) is 7.90. The number of anilines is 1. The molecular weight excluding hydrogens is 192 g/mol. The second-order valence-electron chi connectivity index (χ2n) is 3.37. The first-order valence-corrected chi connectivity index (χ1v) is 5.46. The van der Waals surface area contributed by atoms with E-state index in [1.165, 1.54) is 16.3 Å². The van der Waals surface area contributed by atoms with Crippen LogP contribution in [0, 0.1) is 0 Å². The van der Waals surface area contributed by atoms with Gasteiger partial charge in [-0.3, -0.25) is 9.89 Å². The fraction of sp³-hybridized carbons (Fsp3) is 0.182. The minimum Gasteiger partial charge on any atom is -0.293 e. The van der Waals surface area contributed by atoms with Crippen LogP contribution in [0.3, 0.4) is 0 Å². The summed E-state index contributed by atoms with van der Waals surface area (Å²) in [5.74, 6) is 0. The molecule has 0 fully saturated rings. The third kappa shape index (κ3) is 1.02. The van der Waals surface area contributed by atoms with E-state index < -0.39 is 0 Å². The highest BCUT2D eigenvalue weighted by atomic mass is 32.2. The van der Waals surface area contributed by atoms with Crippen LogP contribution in [0.5, 0.6) is 0 Å². The highest BCUT2D eigenvalue weighted by Gasteiger charge is 2.28. The number of fused-ring (bicyclic) bond motifs is 3. The third-order valence-corrected chi connectivity index (χ3v) is 3.52. The predicted molar refractivity (Wildman–Crippen MR) is 60.8 cm³/mol.